The van der Waals surface area contributed by atoms with Crippen LogP contribution in [-0.2, 0) is 0 Å². The Morgan fingerprint density at radius 2 is 2.06 bits per heavy atom. The highest BCUT2D eigenvalue weighted by atomic mass is 32.1. The Bertz CT molecular complexity index is 655. The Kier molecular flexibility index (Phi) is 2.56. The van der Waals surface area contributed by atoms with Crippen molar-refractivity contribution in [1.29, 1.82) is 0 Å². The summed E-state index contributed by atoms with van der Waals surface area (Å²) in [5.74, 6) is 0.142. The van der Waals surface area contributed by atoms with Gasteiger partial charge in [0.2, 0.25) is 0 Å². The van der Waals surface area contributed by atoms with Crippen LogP contribution in [0.3, 0.4) is 0 Å². The van der Waals surface area contributed by atoms with E-state index in [0.29, 0.717) is 5.92 Å². The number of rotatable bonds is 1. The van der Waals surface area contributed by atoms with Crippen molar-refractivity contribution in [2.75, 3.05) is 0 Å². The third-order valence-electron chi connectivity index (χ3n) is 3.00. The Balaban J connectivity index is 2.03. The number of benzene rings is 1. The van der Waals surface area contributed by atoms with Gasteiger partial charge in [0, 0.05) is 5.92 Å². The molecular formula is C14H12FNS. The van der Waals surface area contributed by atoms with Gasteiger partial charge in [-0.05, 0) is 37.1 Å². The lowest BCUT2D eigenvalue weighted by atomic mass is 9.93. The maximum absolute atomic E-state index is 12.9. The van der Waals surface area contributed by atoms with Crippen LogP contribution in [0.2, 0.25) is 0 Å². The molecular weight excluding hydrogens is 233 g/mol. The largest absolute Gasteiger partial charge is 0.242 e. The Labute approximate surface area is 103 Å². The molecule has 0 amide bonds. The van der Waals surface area contributed by atoms with Crippen LogP contribution >= 0.6 is 11.3 Å². The van der Waals surface area contributed by atoms with Gasteiger partial charge in [0.1, 0.15) is 5.82 Å². The second kappa shape index (κ2) is 4.08. The van der Waals surface area contributed by atoms with Gasteiger partial charge in [-0.15, -0.1) is 11.3 Å². The topological polar surface area (TPSA) is 12.9 Å². The minimum Gasteiger partial charge on any atom is -0.242 e. The van der Waals surface area contributed by atoms with Crippen molar-refractivity contribution in [1.82, 2.24) is 4.98 Å². The first-order chi connectivity index (χ1) is 8.22. The summed E-state index contributed by atoms with van der Waals surface area (Å²) in [7, 11) is 0. The maximum Gasteiger partial charge on any atom is 0.123 e. The van der Waals surface area contributed by atoms with Crippen molar-refractivity contribution < 1.29 is 4.39 Å². The van der Waals surface area contributed by atoms with Crippen LogP contribution in [0.15, 0.2) is 24.3 Å². The second-order valence-corrected chi connectivity index (χ2v) is 5.48. The third-order valence-corrected chi connectivity index (χ3v) is 3.98. The van der Waals surface area contributed by atoms with E-state index >= 15 is 0 Å². The molecule has 0 bridgehead atoms. The van der Waals surface area contributed by atoms with Crippen LogP contribution in [-0.4, -0.2) is 4.98 Å². The zero-order valence-electron chi connectivity index (χ0n) is 9.48. The summed E-state index contributed by atoms with van der Waals surface area (Å²) in [6.07, 6.45) is 5.39. The normalized spacial score (nSPS) is 18.1. The molecule has 1 unspecified atom stereocenters. The molecule has 3 heteroatoms. The number of thiazole rings is 1. The Hall–Kier alpha value is -1.48. The lowest BCUT2D eigenvalue weighted by molar-refractivity contribution is 0.626. The summed E-state index contributed by atoms with van der Waals surface area (Å²) in [5, 5.41) is 2.18. The molecule has 1 aromatic heterocycles. The zero-order chi connectivity index (χ0) is 11.8. The first kappa shape index (κ1) is 10.7. The summed E-state index contributed by atoms with van der Waals surface area (Å²) in [5.41, 5.74) is 1.15. The van der Waals surface area contributed by atoms with Gasteiger partial charge in [-0.1, -0.05) is 18.2 Å². The van der Waals surface area contributed by atoms with E-state index in [1.54, 1.807) is 11.3 Å². The standard InChI is InChI=1S/C14H12FNS/c1-9-16-13-8-11(4-7-14(13)17-9)10-2-5-12(15)6-3-10/h2-3,5-8,11H,4H2,1H3. The van der Waals surface area contributed by atoms with Gasteiger partial charge in [0.25, 0.3) is 0 Å². The van der Waals surface area contributed by atoms with Crippen LogP contribution in [0.4, 0.5) is 4.39 Å². The fourth-order valence-corrected chi connectivity index (χ4v) is 3.02. The molecule has 1 aliphatic rings. The van der Waals surface area contributed by atoms with E-state index in [1.165, 1.54) is 16.7 Å². The molecule has 0 radical (unpaired) electrons. The summed E-state index contributed by atoms with van der Waals surface area (Å²) in [4.78, 5) is 4.50. The zero-order valence-corrected chi connectivity index (χ0v) is 10.3. The molecule has 0 aliphatic heterocycles. The molecule has 1 aromatic carbocycles. The first-order valence-corrected chi connectivity index (χ1v) is 6.45. The van der Waals surface area contributed by atoms with Gasteiger partial charge >= 0.3 is 0 Å². The maximum atomic E-state index is 12.9. The van der Waals surface area contributed by atoms with Crippen molar-refractivity contribution in [3.05, 3.63) is 50.5 Å². The highest BCUT2D eigenvalue weighted by Gasteiger charge is 2.11. The highest BCUT2D eigenvalue weighted by Crippen LogP contribution is 2.23. The van der Waals surface area contributed by atoms with Crippen LogP contribution in [0.5, 0.6) is 0 Å². The van der Waals surface area contributed by atoms with Crippen molar-refractivity contribution in [3.8, 4) is 0 Å². The molecule has 0 saturated carbocycles. The molecule has 0 fully saturated rings. The summed E-state index contributed by atoms with van der Waals surface area (Å²) in [6, 6.07) is 6.75. The molecule has 0 N–H and O–H groups in total. The molecule has 0 saturated heterocycles. The van der Waals surface area contributed by atoms with E-state index in [-0.39, 0.29) is 5.82 Å². The molecule has 86 valence electrons. The minimum absolute atomic E-state index is 0.182. The van der Waals surface area contributed by atoms with E-state index in [2.05, 4.69) is 17.1 Å². The molecule has 3 rings (SSSR count). The lowest BCUT2D eigenvalue weighted by Crippen LogP contribution is -2.25. The van der Waals surface area contributed by atoms with Crippen molar-refractivity contribution in [3.63, 3.8) is 0 Å². The fourth-order valence-electron chi connectivity index (χ4n) is 2.16. The van der Waals surface area contributed by atoms with E-state index < -0.39 is 0 Å². The van der Waals surface area contributed by atoms with Gasteiger partial charge < -0.3 is 0 Å². The minimum atomic E-state index is -0.182. The summed E-state index contributed by atoms with van der Waals surface area (Å²) < 4.78 is 14.1. The van der Waals surface area contributed by atoms with E-state index in [4.69, 9.17) is 0 Å². The average molecular weight is 245 g/mol. The average Bonchev–Trinajstić information content (AvgIpc) is 2.69. The second-order valence-electron chi connectivity index (χ2n) is 4.25. The van der Waals surface area contributed by atoms with Gasteiger partial charge in [0.15, 0.2) is 0 Å². The summed E-state index contributed by atoms with van der Waals surface area (Å²) >= 11 is 1.73. The van der Waals surface area contributed by atoms with Gasteiger partial charge in [-0.3, -0.25) is 0 Å². The third kappa shape index (κ3) is 2.03. The molecule has 0 spiro atoms. The molecule has 1 heterocycles. The predicted molar refractivity (Wildman–Crippen MR) is 68.8 cm³/mol. The Morgan fingerprint density at radius 3 is 2.82 bits per heavy atom. The van der Waals surface area contributed by atoms with E-state index in [1.807, 2.05) is 19.1 Å². The fraction of sp³-hybridized carbons (Fsp3) is 0.214. The van der Waals surface area contributed by atoms with Crippen molar-refractivity contribution >= 4 is 23.5 Å². The van der Waals surface area contributed by atoms with Gasteiger partial charge in [0.05, 0.1) is 14.9 Å². The molecule has 1 aliphatic carbocycles. The highest BCUT2D eigenvalue weighted by molar-refractivity contribution is 7.09. The number of aromatic nitrogens is 1. The van der Waals surface area contributed by atoms with Crippen LogP contribution in [0, 0.1) is 12.7 Å². The van der Waals surface area contributed by atoms with Crippen LogP contribution in [0.1, 0.15) is 22.9 Å². The van der Waals surface area contributed by atoms with E-state index in [0.717, 1.165) is 22.3 Å². The van der Waals surface area contributed by atoms with Crippen molar-refractivity contribution in [2.24, 2.45) is 0 Å². The number of hydrogen-bond donors (Lipinski definition) is 0. The van der Waals surface area contributed by atoms with Crippen LogP contribution in [0.25, 0.3) is 12.2 Å². The monoisotopic (exact) mass is 245 g/mol. The van der Waals surface area contributed by atoms with E-state index in [9.17, 15) is 4.39 Å². The Morgan fingerprint density at radius 1 is 1.29 bits per heavy atom. The number of fused-ring (bicyclic) bond motifs is 1. The predicted octanol–water partition coefficient (Wildman–Crippen LogP) is 2.34. The van der Waals surface area contributed by atoms with Crippen molar-refractivity contribution in [2.45, 2.75) is 19.3 Å². The number of hydrogen-bond acceptors (Lipinski definition) is 2. The lowest BCUT2D eigenvalue weighted by Gasteiger charge is -2.12. The summed E-state index contributed by atoms with van der Waals surface area (Å²) in [6.45, 7) is 2.03. The van der Waals surface area contributed by atoms with Gasteiger partial charge in [-0.2, -0.15) is 0 Å². The molecule has 1 atom stereocenters. The number of aryl methyl sites for hydroxylation is 1. The smallest absolute Gasteiger partial charge is 0.123 e. The SMILES string of the molecule is Cc1nc2c(s1)=CCC(c1ccc(F)cc1)C=2. The molecule has 1 nitrogen and oxygen atoms in total. The number of nitrogens with zero attached hydrogens (tertiary/aromatic N) is 1. The molecule has 17 heavy (non-hydrogen) atoms. The number of halogens is 1. The molecule has 2 aromatic rings. The quantitative estimate of drug-likeness (QED) is 0.751. The van der Waals surface area contributed by atoms with Gasteiger partial charge in [-0.25, -0.2) is 9.37 Å². The van der Waals surface area contributed by atoms with Crippen LogP contribution < -0.4 is 9.88 Å². The first-order valence-electron chi connectivity index (χ1n) is 5.63.